The van der Waals surface area contributed by atoms with E-state index >= 15 is 0 Å². The third-order valence-electron chi connectivity index (χ3n) is 5.79. The average Bonchev–Trinajstić information content (AvgIpc) is 3.41. The van der Waals surface area contributed by atoms with E-state index in [0.29, 0.717) is 18.0 Å². The maximum Gasteiger partial charge on any atom is 0.273 e. The lowest BCUT2D eigenvalue weighted by atomic mass is 9.94. The van der Waals surface area contributed by atoms with E-state index in [2.05, 4.69) is 70.2 Å². The minimum atomic E-state index is -0.230. The van der Waals surface area contributed by atoms with Crippen LogP contribution in [0, 0.1) is 0 Å². The Morgan fingerprint density at radius 1 is 1.12 bits per heavy atom. The monoisotopic (exact) mass is 436 g/mol. The molecule has 1 aliphatic heterocycles. The van der Waals surface area contributed by atoms with Crippen molar-refractivity contribution in [3.8, 4) is 0 Å². The molecule has 0 unspecified atom stereocenters. The molecular formula is C24H32N6O2. The van der Waals surface area contributed by atoms with Gasteiger partial charge >= 0.3 is 0 Å². The molecule has 0 aliphatic carbocycles. The highest BCUT2D eigenvalue weighted by Gasteiger charge is 2.21. The highest BCUT2D eigenvalue weighted by Crippen LogP contribution is 2.24. The number of aromatic nitrogens is 3. The molecule has 32 heavy (non-hydrogen) atoms. The average molecular weight is 437 g/mol. The summed E-state index contributed by atoms with van der Waals surface area (Å²) < 4.78 is 5.86. The van der Waals surface area contributed by atoms with E-state index in [1.807, 2.05) is 12.1 Å². The number of carbonyl (C=O) groups is 1. The molecule has 8 heteroatoms. The van der Waals surface area contributed by atoms with Crippen LogP contribution in [0.25, 0.3) is 0 Å². The number of rotatable bonds is 6. The zero-order valence-electron chi connectivity index (χ0n) is 19.3. The molecule has 3 aromatic rings. The Bertz CT molecular complexity index is 1040. The van der Waals surface area contributed by atoms with Gasteiger partial charge in [-0.2, -0.15) is 5.10 Å². The molecule has 1 aliphatic rings. The van der Waals surface area contributed by atoms with Crippen molar-refractivity contribution in [1.82, 2.24) is 25.0 Å². The summed E-state index contributed by atoms with van der Waals surface area (Å²) in [5, 5.41) is 9.82. The maximum absolute atomic E-state index is 12.8. The van der Waals surface area contributed by atoms with Gasteiger partial charge in [0.15, 0.2) is 5.89 Å². The van der Waals surface area contributed by atoms with Gasteiger partial charge in [0.25, 0.3) is 5.91 Å². The summed E-state index contributed by atoms with van der Waals surface area (Å²) in [4.78, 5) is 22.0. The number of carbonyl (C=O) groups excluding carboxylic acids is 1. The Labute approximate surface area is 189 Å². The number of anilines is 1. The smallest absolute Gasteiger partial charge is 0.273 e. The van der Waals surface area contributed by atoms with Gasteiger partial charge in [-0.05, 0) is 24.7 Å². The Kier molecular flexibility index (Phi) is 6.43. The van der Waals surface area contributed by atoms with E-state index in [4.69, 9.17) is 4.42 Å². The van der Waals surface area contributed by atoms with Crippen LogP contribution in [0.3, 0.4) is 0 Å². The normalized spacial score (nSPS) is 15.8. The van der Waals surface area contributed by atoms with Crippen LogP contribution < -0.4 is 5.32 Å². The third-order valence-corrected chi connectivity index (χ3v) is 5.79. The minimum Gasteiger partial charge on any atom is -0.445 e. The van der Waals surface area contributed by atoms with Crippen LogP contribution in [0.2, 0.25) is 0 Å². The van der Waals surface area contributed by atoms with Crippen molar-refractivity contribution in [3.05, 3.63) is 65.1 Å². The van der Waals surface area contributed by atoms with Crippen molar-refractivity contribution < 1.29 is 9.21 Å². The van der Waals surface area contributed by atoms with Gasteiger partial charge in [-0.1, -0.05) is 32.9 Å². The van der Waals surface area contributed by atoms with Gasteiger partial charge in [0.1, 0.15) is 11.5 Å². The quantitative estimate of drug-likeness (QED) is 0.616. The number of aromatic amines is 1. The van der Waals surface area contributed by atoms with Gasteiger partial charge in [-0.25, -0.2) is 4.98 Å². The van der Waals surface area contributed by atoms with Gasteiger partial charge in [-0.15, -0.1) is 0 Å². The Hall–Kier alpha value is -2.97. The Balaban J connectivity index is 1.36. The number of oxazole rings is 1. The first kappa shape index (κ1) is 22.2. The molecule has 4 rings (SSSR count). The molecule has 0 atom stereocenters. The van der Waals surface area contributed by atoms with Crippen LogP contribution in [-0.2, 0) is 18.4 Å². The lowest BCUT2D eigenvalue weighted by Crippen LogP contribution is -2.43. The zero-order chi connectivity index (χ0) is 22.7. The number of amides is 1. The SMILES string of the molecule is CN1CCN(Cc2ccc(NC(=O)c3[nH]ncc3Cc3ncc(C(C)(C)C)o3)cc2)CC1. The number of likely N-dealkylation sites (N-methyl/N-ethyl adjacent to an activating group) is 1. The number of hydrogen-bond donors (Lipinski definition) is 2. The first-order valence-corrected chi connectivity index (χ1v) is 11.1. The Morgan fingerprint density at radius 3 is 2.50 bits per heavy atom. The number of piperazine rings is 1. The van der Waals surface area contributed by atoms with Crippen LogP contribution in [-0.4, -0.2) is 64.1 Å². The highest BCUT2D eigenvalue weighted by molar-refractivity contribution is 6.03. The van der Waals surface area contributed by atoms with Gasteiger partial charge in [0.2, 0.25) is 0 Å². The number of H-pyrrole nitrogens is 1. The molecule has 8 nitrogen and oxygen atoms in total. The number of nitrogens with zero attached hydrogens (tertiary/aromatic N) is 4. The maximum atomic E-state index is 12.8. The van der Waals surface area contributed by atoms with Crippen molar-refractivity contribution >= 4 is 11.6 Å². The molecule has 0 radical (unpaired) electrons. The molecule has 1 aromatic carbocycles. The summed E-state index contributed by atoms with van der Waals surface area (Å²) in [6, 6.07) is 8.04. The predicted molar refractivity (Wildman–Crippen MR) is 124 cm³/mol. The summed E-state index contributed by atoms with van der Waals surface area (Å²) in [6.07, 6.45) is 3.80. The fourth-order valence-corrected chi connectivity index (χ4v) is 3.69. The second kappa shape index (κ2) is 9.26. The molecule has 170 valence electrons. The lowest BCUT2D eigenvalue weighted by molar-refractivity contribution is 0.102. The second-order valence-electron chi connectivity index (χ2n) is 9.55. The summed E-state index contributed by atoms with van der Waals surface area (Å²) in [7, 11) is 2.16. The molecule has 1 saturated heterocycles. The van der Waals surface area contributed by atoms with Gasteiger partial charge in [0, 0.05) is 49.4 Å². The van der Waals surface area contributed by atoms with Gasteiger partial charge in [0.05, 0.1) is 18.8 Å². The van der Waals surface area contributed by atoms with E-state index in [0.717, 1.165) is 49.7 Å². The van der Waals surface area contributed by atoms with Crippen molar-refractivity contribution in [1.29, 1.82) is 0 Å². The molecule has 0 spiro atoms. The predicted octanol–water partition coefficient (Wildman–Crippen LogP) is 3.29. The summed E-state index contributed by atoms with van der Waals surface area (Å²) in [5.74, 6) is 1.16. The van der Waals surface area contributed by atoms with Crippen LogP contribution in [0.15, 0.2) is 41.1 Å². The van der Waals surface area contributed by atoms with E-state index < -0.39 is 0 Å². The summed E-state index contributed by atoms with van der Waals surface area (Å²) in [6.45, 7) is 11.5. The molecule has 1 amide bonds. The molecule has 2 N–H and O–H groups in total. The fourth-order valence-electron chi connectivity index (χ4n) is 3.69. The largest absolute Gasteiger partial charge is 0.445 e. The second-order valence-corrected chi connectivity index (χ2v) is 9.55. The van der Waals surface area contributed by atoms with E-state index in [1.165, 1.54) is 5.56 Å². The van der Waals surface area contributed by atoms with Crippen molar-refractivity contribution in [3.63, 3.8) is 0 Å². The molecular weight excluding hydrogens is 404 g/mol. The van der Waals surface area contributed by atoms with Crippen LogP contribution in [0.4, 0.5) is 5.69 Å². The first-order valence-electron chi connectivity index (χ1n) is 11.1. The molecule has 0 saturated carbocycles. The van der Waals surface area contributed by atoms with Crippen LogP contribution in [0.1, 0.15) is 54.0 Å². The topological polar surface area (TPSA) is 90.3 Å². The Morgan fingerprint density at radius 2 is 1.84 bits per heavy atom. The molecule has 1 fully saturated rings. The minimum absolute atomic E-state index is 0.113. The number of benzene rings is 1. The van der Waals surface area contributed by atoms with Crippen LogP contribution in [0.5, 0.6) is 0 Å². The van der Waals surface area contributed by atoms with E-state index in [9.17, 15) is 4.79 Å². The van der Waals surface area contributed by atoms with Gasteiger partial charge < -0.3 is 14.6 Å². The van der Waals surface area contributed by atoms with Crippen LogP contribution >= 0.6 is 0 Å². The highest BCUT2D eigenvalue weighted by atomic mass is 16.4. The number of hydrogen-bond acceptors (Lipinski definition) is 6. The summed E-state index contributed by atoms with van der Waals surface area (Å²) >= 11 is 0. The zero-order valence-corrected chi connectivity index (χ0v) is 19.3. The van der Waals surface area contributed by atoms with Crippen molar-refractivity contribution in [2.75, 3.05) is 38.5 Å². The van der Waals surface area contributed by atoms with E-state index in [-0.39, 0.29) is 11.3 Å². The van der Waals surface area contributed by atoms with Gasteiger partial charge in [-0.3, -0.25) is 14.8 Å². The van der Waals surface area contributed by atoms with E-state index in [1.54, 1.807) is 12.4 Å². The third kappa shape index (κ3) is 5.44. The molecule has 0 bridgehead atoms. The molecule has 3 heterocycles. The fraction of sp³-hybridized carbons (Fsp3) is 0.458. The van der Waals surface area contributed by atoms with Crippen molar-refractivity contribution in [2.45, 2.75) is 39.2 Å². The number of nitrogens with one attached hydrogen (secondary N) is 2. The summed E-state index contributed by atoms with van der Waals surface area (Å²) in [5.41, 5.74) is 3.05. The first-order chi connectivity index (χ1) is 15.3. The lowest BCUT2D eigenvalue weighted by Gasteiger charge is -2.32. The standard InChI is InChI=1S/C24H32N6O2/c1-24(2,3)20-15-25-21(32-20)13-18-14-26-28-22(18)23(31)27-19-7-5-17(6-8-19)16-30-11-9-29(4)10-12-30/h5-8,14-15H,9-13,16H2,1-4H3,(H,26,28)(H,27,31). The molecule has 2 aromatic heterocycles. The van der Waals surface area contributed by atoms with Crippen molar-refractivity contribution in [2.24, 2.45) is 0 Å².